The van der Waals surface area contributed by atoms with Crippen LogP contribution in [0.25, 0.3) is 0 Å². The summed E-state index contributed by atoms with van der Waals surface area (Å²) in [6.07, 6.45) is 8.41. The highest BCUT2D eigenvalue weighted by Gasteiger charge is 2.26. The lowest BCUT2D eigenvalue weighted by molar-refractivity contribution is -0.907. The van der Waals surface area contributed by atoms with Crippen LogP contribution in [0.2, 0.25) is 5.02 Å². The van der Waals surface area contributed by atoms with Gasteiger partial charge >= 0.3 is 0 Å². The first-order valence-corrected chi connectivity index (χ1v) is 8.63. The number of benzene rings is 1. The lowest BCUT2D eigenvalue weighted by Crippen LogP contribution is -3.15. The molecule has 1 aromatic carbocycles. The van der Waals surface area contributed by atoms with Gasteiger partial charge in [-0.1, -0.05) is 29.8 Å². The number of allylic oxidation sites excluding steroid dienone is 2. The van der Waals surface area contributed by atoms with Crippen molar-refractivity contribution in [2.75, 3.05) is 32.7 Å². The molecule has 0 unspecified atom stereocenters. The molecule has 0 radical (unpaired) electrons. The summed E-state index contributed by atoms with van der Waals surface area (Å²) < 4.78 is 0. The number of halogens is 1. The highest BCUT2D eigenvalue weighted by Crippen LogP contribution is 2.16. The Morgan fingerprint density at radius 1 is 1.27 bits per heavy atom. The second-order valence-electron chi connectivity index (χ2n) is 6.41. The fraction of sp³-hybridized carbons (Fsp3) is 0.500. The predicted octanol–water partition coefficient (Wildman–Crippen LogP) is 2.04. The first kappa shape index (κ1) is 15.6. The number of rotatable bonds is 3. The number of nitrogens with one attached hydrogen (secondary N) is 1. The van der Waals surface area contributed by atoms with Crippen molar-refractivity contribution in [3.05, 3.63) is 47.0 Å². The van der Waals surface area contributed by atoms with Crippen molar-refractivity contribution in [2.45, 2.75) is 19.3 Å². The summed E-state index contributed by atoms with van der Waals surface area (Å²) in [5.74, 6) is 0.942. The molecule has 22 heavy (non-hydrogen) atoms. The highest BCUT2D eigenvalue weighted by molar-refractivity contribution is 6.30. The van der Waals surface area contributed by atoms with E-state index in [0.717, 1.165) is 32.1 Å². The SMILES string of the molecule is O=C(c1cccc(Cl)c1)N1CC[NH+](C[C@@H]2CC=CCC2)CC1. The van der Waals surface area contributed by atoms with Crippen molar-refractivity contribution in [2.24, 2.45) is 5.92 Å². The van der Waals surface area contributed by atoms with Crippen LogP contribution in [-0.2, 0) is 0 Å². The maximum atomic E-state index is 12.5. The van der Waals surface area contributed by atoms with Crippen molar-refractivity contribution in [1.29, 1.82) is 0 Å². The Morgan fingerprint density at radius 3 is 2.77 bits per heavy atom. The molecule has 1 atom stereocenters. The van der Waals surface area contributed by atoms with Gasteiger partial charge in [-0.15, -0.1) is 0 Å². The lowest BCUT2D eigenvalue weighted by atomic mass is 9.94. The molecule has 1 heterocycles. The lowest BCUT2D eigenvalue weighted by Gasteiger charge is -2.34. The Hall–Kier alpha value is -1.32. The van der Waals surface area contributed by atoms with Crippen LogP contribution in [0.5, 0.6) is 0 Å². The molecule has 0 bridgehead atoms. The van der Waals surface area contributed by atoms with Gasteiger partial charge in [-0.3, -0.25) is 4.79 Å². The minimum absolute atomic E-state index is 0.113. The number of nitrogens with zero attached hydrogens (tertiary/aromatic N) is 1. The van der Waals surface area contributed by atoms with Gasteiger partial charge in [0.25, 0.3) is 5.91 Å². The summed E-state index contributed by atoms with van der Waals surface area (Å²) >= 11 is 5.98. The molecule has 0 aromatic heterocycles. The Kier molecular flexibility index (Phi) is 5.16. The van der Waals surface area contributed by atoms with E-state index in [0.29, 0.717) is 10.6 Å². The summed E-state index contributed by atoms with van der Waals surface area (Å²) in [4.78, 5) is 16.1. The smallest absolute Gasteiger partial charge is 0.254 e. The van der Waals surface area contributed by atoms with Gasteiger partial charge in [-0.2, -0.15) is 0 Å². The maximum Gasteiger partial charge on any atom is 0.254 e. The molecule has 3 nitrogen and oxygen atoms in total. The van der Waals surface area contributed by atoms with E-state index in [4.69, 9.17) is 11.6 Å². The van der Waals surface area contributed by atoms with E-state index in [-0.39, 0.29) is 5.91 Å². The van der Waals surface area contributed by atoms with Crippen LogP contribution in [0.4, 0.5) is 0 Å². The Labute approximate surface area is 137 Å². The van der Waals surface area contributed by atoms with Crippen LogP contribution in [0.1, 0.15) is 29.6 Å². The van der Waals surface area contributed by atoms with Crippen molar-refractivity contribution in [1.82, 2.24) is 4.90 Å². The molecule has 2 aliphatic rings. The summed E-state index contributed by atoms with van der Waals surface area (Å²) in [5, 5.41) is 0.625. The average Bonchev–Trinajstić information content (AvgIpc) is 2.56. The highest BCUT2D eigenvalue weighted by atomic mass is 35.5. The minimum Gasteiger partial charge on any atom is -0.332 e. The zero-order chi connectivity index (χ0) is 15.4. The average molecular weight is 320 g/mol. The van der Waals surface area contributed by atoms with Gasteiger partial charge in [0.1, 0.15) is 0 Å². The predicted molar refractivity (Wildman–Crippen MR) is 89.4 cm³/mol. The fourth-order valence-corrected chi connectivity index (χ4v) is 3.67. The number of hydrogen-bond donors (Lipinski definition) is 1. The summed E-state index contributed by atoms with van der Waals surface area (Å²) in [6, 6.07) is 7.26. The molecule has 1 saturated heterocycles. The summed E-state index contributed by atoms with van der Waals surface area (Å²) in [7, 11) is 0. The summed E-state index contributed by atoms with van der Waals surface area (Å²) in [6.45, 7) is 5.08. The third-order valence-corrected chi connectivity index (χ3v) is 5.02. The molecule has 1 aliphatic heterocycles. The zero-order valence-corrected chi connectivity index (χ0v) is 13.7. The number of carbonyl (C=O) groups excluding carboxylic acids is 1. The normalized spacial score (nSPS) is 22.8. The van der Waals surface area contributed by atoms with E-state index in [1.54, 1.807) is 17.0 Å². The van der Waals surface area contributed by atoms with Gasteiger partial charge in [-0.25, -0.2) is 0 Å². The molecule has 1 aromatic rings. The monoisotopic (exact) mass is 319 g/mol. The third-order valence-electron chi connectivity index (χ3n) is 4.78. The molecule has 1 aliphatic carbocycles. The molecular formula is C18H24ClN2O+. The largest absolute Gasteiger partial charge is 0.332 e. The Bertz CT molecular complexity index is 550. The van der Waals surface area contributed by atoms with E-state index >= 15 is 0 Å². The van der Waals surface area contributed by atoms with E-state index in [1.165, 1.54) is 25.8 Å². The first-order valence-electron chi connectivity index (χ1n) is 8.26. The van der Waals surface area contributed by atoms with Gasteiger partial charge in [0.05, 0.1) is 32.7 Å². The molecule has 0 saturated carbocycles. The van der Waals surface area contributed by atoms with Crippen LogP contribution >= 0.6 is 11.6 Å². The van der Waals surface area contributed by atoms with Crippen LogP contribution in [0, 0.1) is 5.92 Å². The quantitative estimate of drug-likeness (QED) is 0.847. The molecular weight excluding hydrogens is 296 g/mol. The Balaban J connectivity index is 1.51. The number of quaternary nitrogens is 1. The van der Waals surface area contributed by atoms with Gasteiger partial charge in [0.2, 0.25) is 0 Å². The first-order chi connectivity index (χ1) is 10.7. The van der Waals surface area contributed by atoms with Gasteiger partial charge in [0.15, 0.2) is 0 Å². The van der Waals surface area contributed by atoms with Crippen molar-refractivity contribution >= 4 is 17.5 Å². The second-order valence-corrected chi connectivity index (χ2v) is 6.84. The topological polar surface area (TPSA) is 24.8 Å². The Morgan fingerprint density at radius 2 is 2.09 bits per heavy atom. The minimum atomic E-state index is 0.113. The van der Waals surface area contributed by atoms with Gasteiger partial charge in [-0.05, 0) is 37.5 Å². The van der Waals surface area contributed by atoms with Crippen molar-refractivity contribution in [3.63, 3.8) is 0 Å². The van der Waals surface area contributed by atoms with E-state index in [1.807, 2.05) is 17.0 Å². The molecule has 3 rings (SSSR count). The zero-order valence-electron chi connectivity index (χ0n) is 12.9. The van der Waals surface area contributed by atoms with Crippen LogP contribution in [0.3, 0.4) is 0 Å². The fourth-order valence-electron chi connectivity index (χ4n) is 3.48. The number of piperazine rings is 1. The molecule has 1 N–H and O–H groups in total. The van der Waals surface area contributed by atoms with Gasteiger partial charge < -0.3 is 9.80 Å². The molecule has 1 amide bonds. The molecule has 0 spiro atoms. The van der Waals surface area contributed by atoms with Crippen LogP contribution < -0.4 is 4.90 Å². The van der Waals surface area contributed by atoms with Crippen LogP contribution in [0.15, 0.2) is 36.4 Å². The van der Waals surface area contributed by atoms with Crippen LogP contribution in [-0.4, -0.2) is 43.5 Å². The molecule has 118 valence electrons. The van der Waals surface area contributed by atoms with Gasteiger partial charge in [0, 0.05) is 16.5 Å². The molecule has 4 heteroatoms. The van der Waals surface area contributed by atoms with E-state index in [2.05, 4.69) is 12.2 Å². The van der Waals surface area contributed by atoms with E-state index in [9.17, 15) is 4.79 Å². The summed E-state index contributed by atoms with van der Waals surface area (Å²) in [5.41, 5.74) is 0.702. The standard InChI is InChI=1S/C18H23ClN2O/c19-17-8-4-7-16(13-17)18(22)21-11-9-20(10-12-21)14-15-5-2-1-3-6-15/h1-2,4,7-8,13,15H,3,5-6,9-12,14H2/p+1/t15-/m1/s1. The van der Waals surface area contributed by atoms with Crippen molar-refractivity contribution < 1.29 is 9.69 Å². The third kappa shape index (κ3) is 3.90. The number of carbonyl (C=O) groups is 1. The van der Waals surface area contributed by atoms with E-state index < -0.39 is 0 Å². The molecule has 1 fully saturated rings. The second kappa shape index (κ2) is 7.30. The maximum absolute atomic E-state index is 12.5. The van der Waals surface area contributed by atoms with Crippen molar-refractivity contribution in [3.8, 4) is 0 Å². The number of hydrogen-bond acceptors (Lipinski definition) is 1. The number of amides is 1.